The summed E-state index contributed by atoms with van der Waals surface area (Å²) in [5, 5.41) is 2.96. The maximum absolute atomic E-state index is 13.0. The van der Waals surface area contributed by atoms with E-state index in [4.69, 9.17) is 4.74 Å². The lowest BCUT2D eigenvalue weighted by Gasteiger charge is -2.31. The fourth-order valence-electron chi connectivity index (χ4n) is 4.79. The van der Waals surface area contributed by atoms with Crippen LogP contribution in [0.4, 0.5) is 11.4 Å². The summed E-state index contributed by atoms with van der Waals surface area (Å²) in [5.74, 6) is 0.337. The molecular weight excluding hydrogens is 454 g/mol. The summed E-state index contributed by atoms with van der Waals surface area (Å²) in [6.45, 7) is 1.73. The molecule has 7 nitrogen and oxygen atoms in total. The van der Waals surface area contributed by atoms with E-state index in [9.17, 15) is 14.4 Å². The summed E-state index contributed by atoms with van der Waals surface area (Å²) in [5.41, 5.74) is 3.41. The van der Waals surface area contributed by atoms with Crippen LogP contribution in [0.15, 0.2) is 78.9 Å². The molecule has 0 unspecified atom stereocenters. The van der Waals surface area contributed by atoms with Gasteiger partial charge in [-0.25, -0.2) is 0 Å². The number of hydrogen-bond donors (Lipinski definition) is 1. The number of nitrogens with zero attached hydrogens (tertiary/aromatic N) is 2. The van der Waals surface area contributed by atoms with E-state index in [2.05, 4.69) is 11.4 Å². The molecule has 2 aliphatic rings. The highest BCUT2D eigenvalue weighted by Crippen LogP contribution is 2.29. The van der Waals surface area contributed by atoms with Gasteiger partial charge in [0.05, 0.1) is 0 Å². The highest BCUT2D eigenvalue weighted by Gasteiger charge is 2.28. The van der Waals surface area contributed by atoms with Gasteiger partial charge in [0.2, 0.25) is 5.91 Å². The summed E-state index contributed by atoms with van der Waals surface area (Å²) in [6.07, 6.45) is 2.07. The third-order valence-electron chi connectivity index (χ3n) is 6.86. The van der Waals surface area contributed by atoms with Crippen LogP contribution in [0.5, 0.6) is 5.75 Å². The Labute approximate surface area is 210 Å². The number of carbonyl (C=O) groups is 3. The molecule has 184 valence electrons. The van der Waals surface area contributed by atoms with Crippen LogP contribution in [0.25, 0.3) is 0 Å². The quantitative estimate of drug-likeness (QED) is 0.572. The second-order valence-electron chi connectivity index (χ2n) is 9.16. The Morgan fingerprint density at radius 1 is 0.833 bits per heavy atom. The van der Waals surface area contributed by atoms with E-state index >= 15 is 0 Å². The zero-order chi connectivity index (χ0) is 24.9. The molecule has 3 aromatic rings. The molecule has 2 heterocycles. The van der Waals surface area contributed by atoms with Crippen molar-refractivity contribution in [3.8, 4) is 5.75 Å². The minimum Gasteiger partial charge on any atom is -0.484 e. The maximum atomic E-state index is 13.0. The van der Waals surface area contributed by atoms with Crippen molar-refractivity contribution in [1.82, 2.24) is 4.90 Å². The summed E-state index contributed by atoms with van der Waals surface area (Å²) >= 11 is 0. The minimum atomic E-state index is -0.161. The van der Waals surface area contributed by atoms with Crippen molar-refractivity contribution >= 4 is 29.1 Å². The lowest BCUT2D eigenvalue weighted by atomic mass is 9.95. The van der Waals surface area contributed by atoms with Crippen molar-refractivity contribution < 1.29 is 19.1 Å². The SMILES string of the molecule is O=C(Nc1ccc(C(=O)N2CCc3ccccc32)cc1)C1CCN(C(=O)COc2ccccc2)CC1. The van der Waals surface area contributed by atoms with Crippen molar-refractivity contribution in [2.24, 2.45) is 5.92 Å². The average molecular weight is 484 g/mol. The van der Waals surface area contributed by atoms with E-state index < -0.39 is 0 Å². The highest BCUT2D eigenvalue weighted by molar-refractivity contribution is 6.07. The Morgan fingerprint density at radius 2 is 1.53 bits per heavy atom. The zero-order valence-electron chi connectivity index (χ0n) is 20.1. The number of nitrogens with one attached hydrogen (secondary N) is 1. The van der Waals surface area contributed by atoms with Crippen LogP contribution < -0.4 is 15.0 Å². The first-order chi connectivity index (χ1) is 17.6. The lowest BCUT2D eigenvalue weighted by molar-refractivity contribution is -0.136. The van der Waals surface area contributed by atoms with E-state index in [0.717, 1.165) is 12.1 Å². The summed E-state index contributed by atoms with van der Waals surface area (Å²) in [4.78, 5) is 41.8. The van der Waals surface area contributed by atoms with Crippen LogP contribution in [0.3, 0.4) is 0 Å². The molecule has 7 heteroatoms. The van der Waals surface area contributed by atoms with Crippen LogP contribution in [0, 0.1) is 5.92 Å². The highest BCUT2D eigenvalue weighted by atomic mass is 16.5. The fraction of sp³-hybridized carbons (Fsp3) is 0.276. The molecule has 1 N–H and O–H groups in total. The lowest BCUT2D eigenvalue weighted by Crippen LogP contribution is -2.43. The second-order valence-corrected chi connectivity index (χ2v) is 9.16. The number of likely N-dealkylation sites (tertiary alicyclic amines) is 1. The van der Waals surface area contributed by atoms with Crippen molar-refractivity contribution in [2.45, 2.75) is 19.3 Å². The van der Waals surface area contributed by atoms with E-state index in [1.165, 1.54) is 5.56 Å². The Bertz CT molecular complexity index is 1230. The number of benzene rings is 3. The molecule has 0 saturated carbocycles. The van der Waals surface area contributed by atoms with Crippen molar-refractivity contribution in [1.29, 1.82) is 0 Å². The van der Waals surface area contributed by atoms with Crippen LogP contribution in [0.1, 0.15) is 28.8 Å². The van der Waals surface area contributed by atoms with Crippen LogP contribution in [0.2, 0.25) is 0 Å². The van der Waals surface area contributed by atoms with Crippen LogP contribution in [-0.2, 0) is 16.0 Å². The monoisotopic (exact) mass is 483 g/mol. The van der Waals surface area contributed by atoms with Gasteiger partial charge in [-0.1, -0.05) is 36.4 Å². The minimum absolute atomic E-state index is 0.00500. The van der Waals surface area contributed by atoms with Gasteiger partial charge in [0.1, 0.15) is 5.75 Å². The third-order valence-corrected chi connectivity index (χ3v) is 6.86. The number of anilines is 2. The van der Waals surface area contributed by atoms with Gasteiger partial charge in [-0.3, -0.25) is 14.4 Å². The Morgan fingerprint density at radius 3 is 2.28 bits per heavy atom. The molecular formula is C29H29N3O4. The standard InChI is InChI=1S/C29H29N3O4/c33-27(20-36-25-7-2-1-3-8-25)31-17-14-22(15-18-31)28(34)30-24-12-10-23(11-13-24)29(35)32-19-16-21-6-4-5-9-26(21)32/h1-13,22H,14-20H2,(H,30,34). The van der Waals surface area contributed by atoms with Crippen molar-refractivity contribution in [3.63, 3.8) is 0 Å². The van der Waals surface area contributed by atoms with Gasteiger partial charge in [0.25, 0.3) is 11.8 Å². The molecule has 36 heavy (non-hydrogen) atoms. The number of piperidine rings is 1. The summed E-state index contributed by atoms with van der Waals surface area (Å²) in [6, 6.07) is 24.3. The van der Waals surface area contributed by atoms with E-state index in [-0.39, 0.29) is 30.2 Å². The van der Waals surface area contributed by atoms with Crippen molar-refractivity contribution in [2.75, 3.05) is 36.5 Å². The summed E-state index contributed by atoms with van der Waals surface area (Å²) in [7, 11) is 0. The Kier molecular flexibility index (Phi) is 6.98. The molecule has 3 amide bonds. The number of hydrogen-bond acceptors (Lipinski definition) is 4. The average Bonchev–Trinajstić information content (AvgIpc) is 3.36. The predicted octanol–water partition coefficient (Wildman–Crippen LogP) is 4.15. The normalized spacial score (nSPS) is 15.3. The fourth-order valence-corrected chi connectivity index (χ4v) is 4.79. The number of fused-ring (bicyclic) bond motifs is 1. The number of carbonyl (C=O) groups excluding carboxylic acids is 3. The molecule has 1 saturated heterocycles. The van der Waals surface area contributed by atoms with Crippen LogP contribution >= 0.6 is 0 Å². The molecule has 5 rings (SSSR count). The first-order valence-electron chi connectivity index (χ1n) is 12.3. The van der Waals surface area contributed by atoms with Gasteiger partial charge in [0, 0.05) is 42.5 Å². The molecule has 2 aliphatic heterocycles. The second kappa shape index (κ2) is 10.6. The molecule has 1 fully saturated rings. The van der Waals surface area contributed by atoms with Gasteiger partial charge in [0.15, 0.2) is 6.61 Å². The maximum Gasteiger partial charge on any atom is 0.260 e. The molecule has 0 radical (unpaired) electrons. The van der Waals surface area contributed by atoms with Gasteiger partial charge < -0.3 is 19.9 Å². The molecule has 0 aromatic heterocycles. The van der Waals surface area contributed by atoms with E-state index in [1.54, 1.807) is 29.2 Å². The Balaban J connectivity index is 1.10. The van der Waals surface area contributed by atoms with Gasteiger partial charge >= 0.3 is 0 Å². The van der Waals surface area contributed by atoms with Gasteiger partial charge in [-0.2, -0.15) is 0 Å². The smallest absolute Gasteiger partial charge is 0.260 e. The van der Waals surface area contributed by atoms with Crippen molar-refractivity contribution in [3.05, 3.63) is 90.0 Å². The number of ether oxygens (including phenoxy) is 1. The molecule has 0 aliphatic carbocycles. The predicted molar refractivity (Wildman–Crippen MR) is 138 cm³/mol. The number of rotatable bonds is 6. The first kappa shape index (κ1) is 23.6. The van der Waals surface area contributed by atoms with E-state index in [1.807, 2.05) is 53.4 Å². The van der Waals surface area contributed by atoms with Gasteiger partial charge in [-0.05, 0) is 67.3 Å². The zero-order valence-corrected chi connectivity index (χ0v) is 20.1. The number of para-hydroxylation sites is 2. The number of amides is 3. The third kappa shape index (κ3) is 5.25. The van der Waals surface area contributed by atoms with E-state index in [0.29, 0.717) is 49.5 Å². The topological polar surface area (TPSA) is 79.0 Å². The molecule has 0 bridgehead atoms. The molecule has 0 spiro atoms. The molecule has 0 atom stereocenters. The molecule has 3 aromatic carbocycles. The van der Waals surface area contributed by atoms with Crippen LogP contribution in [-0.4, -0.2) is 48.9 Å². The van der Waals surface area contributed by atoms with Gasteiger partial charge in [-0.15, -0.1) is 0 Å². The summed E-state index contributed by atoms with van der Waals surface area (Å²) < 4.78 is 5.55. The largest absolute Gasteiger partial charge is 0.484 e. The Hall–Kier alpha value is -4.13. The first-order valence-corrected chi connectivity index (χ1v) is 12.3.